The molecule has 1 heterocycles. The van der Waals surface area contributed by atoms with Crippen LogP contribution in [0.15, 0.2) is 59.5 Å². The Balaban J connectivity index is 1.46. The number of methoxy groups -OCH3 is 1. The van der Waals surface area contributed by atoms with Gasteiger partial charge in [-0.2, -0.15) is 0 Å². The summed E-state index contributed by atoms with van der Waals surface area (Å²) < 4.78 is 21.1. The highest BCUT2D eigenvalue weighted by molar-refractivity contribution is 6.00. The molecular weight excluding hydrogens is 550 g/mol. The third-order valence-corrected chi connectivity index (χ3v) is 5.89. The molecule has 0 aliphatic carbocycles. The summed E-state index contributed by atoms with van der Waals surface area (Å²) in [7, 11) is 1.51. The molecule has 0 unspecified atom stereocenters. The number of nitrogens with two attached hydrogens (primary N) is 1. The number of ether oxygens (including phenoxy) is 3. The first-order chi connectivity index (χ1) is 20.2. The summed E-state index contributed by atoms with van der Waals surface area (Å²) in [6.07, 6.45) is 1.47. The van der Waals surface area contributed by atoms with Gasteiger partial charge in [0.25, 0.3) is 0 Å². The van der Waals surface area contributed by atoms with Crippen LogP contribution < -0.4 is 26.4 Å². The molecular formula is C28H33N5O9. The molecule has 14 nitrogen and oxygen atoms in total. The van der Waals surface area contributed by atoms with Gasteiger partial charge < -0.3 is 45.4 Å². The van der Waals surface area contributed by atoms with E-state index in [1.165, 1.54) is 13.5 Å². The fourth-order valence-electron chi connectivity index (χ4n) is 3.66. The highest BCUT2D eigenvalue weighted by Crippen LogP contribution is 2.32. The number of oxazole rings is 1. The summed E-state index contributed by atoms with van der Waals surface area (Å²) in [5, 5.41) is 16.8. The van der Waals surface area contributed by atoms with Crippen LogP contribution in [0, 0.1) is 0 Å². The first-order valence-corrected chi connectivity index (χ1v) is 13.0. The number of nitrogens with zero attached hydrogens (tertiary/aromatic N) is 1. The predicted octanol–water partition coefficient (Wildman–Crippen LogP) is 3.73. The van der Waals surface area contributed by atoms with Gasteiger partial charge in [-0.25, -0.2) is 14.6 Å². The lowest BCUT2D eigenvalue weighted by Gasteiger charge is -2.18. The molecule has 224 valence electrons. The molecule has 2 aromatic carbocycles. The van der Waals surface area contributed by atoms with E-state index in [2.05, 4.69) is 20.9 Å². The zero-order chi connectivity index (χ0) is 30.5. The van der Waals surface area contributed by atoms with E-state index in [4.69, 9.17) is 29.5 Å². The van der Waals surface area contributed by atoms with E-state index < -0.39 is 36.2 Å². The number of amides is 3. The monoisotopic (exact) mass is 583 g/mol. The van der Waals surface area contributed by atoms with Gasteiger partial charge in [-0.05, 0) is 42.7 Å². The van der Waals surface area contributed by atoms with Crippen LogP contribution in [0.3, 0.4) is 0 Å². The van der Waals surface area contributed by atoms with E-state index in [0.717, 1.165) is 0 Å². The first kappa shape index (κ1) is 31.4. The van der Waals surface area contributed by atoms with Crippen molar-refractivity contribution in [3.8, 4) is 17.1 Å². The number of carbonyl (C=O) groups is 4. The number of hydrogen-bond acceptors (Lipinski definition) is 10. The van der Waals surface area contributed by atoms with Gasteiger partial charge in [-0.1, -0.05) is 19.1 Å². The number of rotatable bonds is 14. The molecule has 0 fully saturated rings. The van der Waals surface area contributed by atoms with Gasteiger partial charge in [0.15, 0.2) is 12.2 Å². The van der Waals surface area contributed by atoms with Gasteiger partial charge in [-0.3, -0.25) is 9.59 Å². The number of aliphatic carboxylic acids is 1. The number of urea groups is 1. The highest BCUT2D eigenvalue weighted by atomic mass is 16.6. The second-order valence-electron chi connectivity index (χ2n) is 9.02. The SMILES string of the molecule is CC[C@H](COC(=O)[C@H](N)CCC(=O)O)OC(=O)NCc1cccc(NC(=O)Nc2ccc(-c3cnco3)c(OC)c2)c1. The molecule has 3 rings (SSSR count). The number of carboxylic acid groups (broad SMARTS) is 1. The summed E-state index contributed by atoms with van der Waals surface area (Å²) in [4.78, 5) is 51.3. The molecule has 1 aromatic heterocycles. The van der Waals surface area contributed by atoms with Crippen molar-refractivity contribution < 1.29 is 42.9 Å². The maximum Gasteiger partial charge on any atom is 0.407 e. The summed E-state index contributed by atoms with van der Waals surface area (Å²) >= 11 is 0. The average molecular weight is 584 g/mol. The van der Waals surface area contributed by atoms with Crippen molar-refractivity contribution in [3.05, 3.63) is 60.6 Å². The Labute approximate surface area is 241 Å². The Morgan fingerprint density at radius 2 is 1.86 bits per heavy atom. The minimum absolute atomic E-state index is 0.0612. The summed E-state index contributed by atoms with van der Waals surface area (Å²) in [5.74, 6) is -0.816. The maximum absolute atomic E-state index is 12.6. The number of hydrogen-bond donors (Lipinski definition) is 5. The zero-order valence-corrected chi connectivity index (χ0v) is 23.1. The van der Waals surface area contributed by atoms with Crippen molar-refractivity contribution in [2.75, 3.05) is 24.4 Å². The van der Waals surface area contributed by atoms with Crippen LogP contribution in [-0.4, -0.2) is 60.0 Å². The number of alkyl carbamates (subject to hydrolysis) is 1. The van der Waals surface area contributed by atoms with Crippen molar-refractivity contribution in [1.29, 1.82) is 0 Å². The van der Waals surface area contributed by atoms with Gasteiger partial charge in [0.2, 0.25) is 0 Å². The van der Waals surface area contributed by atoms with Gasteiger partial charge in [0, 0.05) is 30.4 Å². The van der Waals surface area contributed by atoms with Gasteiger partial charge in [0.1, 0.15) is 24.5 Å². The Kier molecular flexibility index (Phi) is 11.7. The smallest absolute Gasteiger partial charge is 0.407 e. The number of carbonyl (C=O) groups excluding carboxylic acids is 3. The predicted molar refractivity (Wildman–Crippen MR) is 151 cm³/mol. The van der Waals surface area contributed by atoms with E-state index in [9.17, 15) is 19.2 Å². The van der Waals surface area contributed by atoms with Gasteiger partial charge >= 0.3 is 24.1 Å². The fourth-order valence-corrected chi connectivity index (χ4v) is 3.66. The van der Waals surface area contributed by atoms with Crippen molar-refractivity contribution >= 4 is 35.4 Å². The van der Waals surface area contributed by atoms with Crippen LogP contribution in [0.1, 0.15) is 31.7 Å². The van der Waals surface area contributed by atoms with Crippen LogP contribution in [0.5, 0.6) is 5.75 Å². The number of benzene rings is 2. The van der Waals surface area contributed by atoms with Crippen molar-refractivity contribution in [2.45, 2.75) is 44.9 Å². The maximum atomic E-state index is 12.6. The molecule has 0 radical (unpaired) electrons. The molecule has 0 saturated heterocycles. The largest absolute Gasteiger partial charge is 0.496 e. The Bertz CT molecular complexity index is 1360. The van der Waals surface area contributed by atoms with E-state index in [1.807, 2.05) is 0 Å². The van der Waals surface area contributed by atoms with Gasteiger partial charge in [0.05, 0.1) is 18.9 Å². The molecule has 14 heteroatoms. The highest BCUT2D eigenvalue weighted by Gasteiger charge is 2.20. The molecule has 3 aromatic rings. The molecule has 0 saturated carbocycles. The third-order valence-electron chi connectivity index (χ3n) is 5.89. The minimum atomic E-state index is -1.08. The normalized spacial score (nSPS) is 12.0. The van der Waals surface area contributed by atoms with Crippen LogP contribution in [-0.2, 0) is 25.6 Å². The van der Waals surface area contributed by atoms with Crippen LogP contribution in [0.4, 0.5) is 21.0 Å². The average Bonchev–Trinajstić information content (AvgIpc) is 3.51. The number of carboxylic acids is 1. The topological polar surface area (TPSA) is 204 Å². The molecule has 6 N–H and O–H groups in total. The molecule has 3 amide bonds. The number of nitrogens with one attached hydrogen (secondary N) is 3. The lowest BCUT2D eigenvalue weighted by Crippen LogP contribution is -2.36. The Morgan fingerprint density at radius 1 is 1.10 bits per heavy atom. The number of anilines is 2. The van der Waals surface area contributed by atoms with Gasteiger partial charge in [-0.15, -0.1) is 0 Å². The van der Waals surface area contributed by atoms with Crippen LogP contribution in [0.2, 0.25) is 0 Å². The Morgan fingerprint density at radius 3 is 2.52 bits per heavy atom. The summed E-state index contributed by atoms with van der Waals surface area (Å²) in [6, 6.07) is 10.4. The van der Waals surface area contributed by atoms with Crippen molar-refractivity contribution in [3.63, 3.8) is 0 Å². The molecule has 0 aliphatic heterocycles. The molecule has 2 atom stereocenters. The van der Waals surface area contributed by atoms with Crippen molar-refractivity contribution in [2.24, 2.45) is 5.73 Å². The molecule has 0 aliphatic rings. The Hall–Kier alpha value is -5.11. The van der Waals surface area contributed by atoms with Crippen LogP contribution in [0.25, 0.3) is 11.3 Å². The standard InChI is InChI=1S/C28H33N5O9/c1-3-20(15-40-26(36)22(29)9-10-25(34)35)42-28(38)31-13-17-5-4-6-18(11-17)32-27(37)33-19-7-8-21(23(12-19)39-2)24-14-30-16-41-24/h4-8,11-12,14,16,20,22H,3,9-10,13,15,29H2,1-2H3,(H,31,38)(H,34,35)(H2,32,33,37)/t20-,22-/m1/s1. The minimum Gasteiger partial charge on any atom is -0.496 e. The fraction of sp³-hybridized carbons (Fsp3) is 0.321. The number of aromatic nitrogens is 1. The van der Waals surface area contributed by atoms with E-state index in [0.29, 0.717) is 40.4 Å². The van der Waals surface area contributed by atoms with E-state index >= 15 is 0 Å². The van der Waals surface area contributed by atoms with E-state index in [-0.39, 0.29) is 26.0 Å². The first-order valence-electron chi connectivity index (χ1n) is 13.0. The molecule has 0 bridgehead atoms. The lowest BCUT2D eigenvalue weighted by molar-refractivity contribution is -0.148. The second kappa shape index (κ2) is 15.6. The van der Waals surface area contributed by atoms with E-state index in [1.54, 1.807) is 55.6 Å². The van der Waals surface area contributed by atoms with Crippen LogP contribution >= 0.6 is 0 Å². The molecule has 0 spiro atoms. The number of esters is 1. The summed E-state index contributed by atoms with van der Waals surface area (Å²) in [6.45, 7) is 1.64. The second-order valence-corrected chi connectivity index (χ2v) is 9.02. The third kappa shape index (κ3) is 9.82. The quantitative estimate of drug-likeness (QED) is 0.173. The molecule has 42 heavy (non-hydrogen) atoms. The zero-order valence-electron chi connectivity index (χ0n) is 23.1. The lowest BCUT2D eigenvalue weighted by atomic mass is 10.1. The summed E-state index contributed by atoms with van der Waals surface area (Å²) in [5.41, 5.74) is 7.97. The van der Waals surface area contributed by atoms with Crippen molar-refractivity contribution in [1.82, 2.24) is 10.3 Å².